The van der Waals surface area contributed by atoms with E-state index in [2.05, 4.69) is 0 Å². The molecule has 9 heteroatoms. The number of thioether (sulfide) groups is 1. The number of benzene rings is 4. The van der Waals surface area contributed by atoms with Gasteiger partial charge in [-0.2, -0.15) is 0 Å². The summed E-state index contributed by atoms with van der Waals surface area (Å²) < 4.78 is 12.8. The highest BCUT2D eigenvalue weighted by Crippen LogP contribution is 2.39. The first-order valence-corrected chi connectivity index (χ1v) is 14.9. The number of carboxylic acid groups (broad SMARTS) is 1. The van der Waals surface area contributed by atoms with Crippen molar-refractivity contribution in [1.82, 2.24) is 4.90 Å². The molecule has 2 aliphatic rings. The Morgan fingerprint density at radius 2 is 1.40 bits per heavy atom. The molecular formula is C34H29NO7S. The number of aromatic carboxylic acids is 1. The van der Waals surface area contributed by atoms with Crippen molar-refractivity contribution in [1.29, 1.82) is 0 Å². The van der Waals surface area contributed by atoms with Crippen molar-refractivity contribution in [3.63, 3.8) is 0 Å². The third-order valence-electron chi connectivity index (χ3n) is 7.62. The van der Waals surface area contributed by atoms with Crippen LogP contribution in [0.25, 0.3) is 0 Å². The Balaban J connectivity index is 1.17. The molecule has 4 aromatic carbocycles. The van der Waals surface area contributed by atoms with Crippen LogP contribution in [0.2, 0.25) is 0 Å². The molecular weight excluding hydrogens is 566 g/mol. The fourth-order valence-corrected chi connectivity index (χ4v) is 6.17. The van der Waals surface area contributed by atoms with E-state index in [1.54, 1.807) is 60.3 Å². The first kappa shape index (κ1) is 28.8. The highest BCUT2D eigenvalue weighted by molar-refractivity contribution is 7.99. The zero-order chi connectivity index (χ0) is 29.9. The van der Waals surface area contributed by atoms with Gasteiger partial charge in [0.1, 0.15) is 0 Å². The Hall–Kier alpha value is -4.28. The van der Waals surface area contributed by atoms with E-state index in [4.69, 9.17) is 9.47 Å². The Morgan fingerprint density at radius 1 is 0.791 bits per heavy atom. The van der Waals surface area contributed by atoms with Gasteiger partial charge in [0.15, 0.2) is 6.29 Å². The number of imide groups is 1. The molecule has 0 bridgehead atoms. The maximum atomic E-state index is 12.8. The lowest BCUT2D eigenvalue weighted by Crippen LogP contribution is -2.31. The topological polar surface area (TPSA) is 113 Å². The molecule has 0 aromatic heterocycles. The van der Waals surface area contributed by atoms with Crippen molar-refractivity contribution in [3.05, 3.63) is 136 Å². The van der Waals surface area contributed by atoms with Gasteiger partial charge < -0.3 is 19.7 Å². The van der Waals surface area contributed by atoms with Gasteiger partial charge in [0.25, 0.3) is 11.8 Å². The molecule has 0 radical (unpaired) electrons. The number of amides is 2. The van der Waals surface area contributed by atoms with Crippen molar-refractivity contribution in [2.24, 2.45) is 0 Å². The van der Waals surface area contributed by atoms with E-state index in [-0.39, 0.29) is 42.7 Å². The lowest BCUT2D eigenvalue weighted by atomic mass is 10.0. The van der Waals surface area contributed by atoms with E-state index in [0.717, 1.165) is 27.1 Å². The van der Waals surface area contributed by atoms with E-state index in [1.165, 1.54) is 4.90 Å². The molecule has 0 unspecified atom stereocenters. The molecule has 1 fully saturated rings. The molecule has 2 heterocycles. The number of hydrogen-bond donors (Lipinski definition) is 2. The predicted molar refractivity (Wildman–Crippen MR) is 160 cm³/mol. The molecule has 0 aliphatic carbocycles. The first-order valence-electron chi connectivity index (χ1n) is 13.9. The quantitative estimate of drug-likeness (QED) is 0.179. The number of ether oxygens (including phenoxy) is 2. The summed E-state index contributed by atoms with van der Waals surface area (Å²) in [5.41, 5.74) is 4.50. The van der Waals surface area contributed by atoms with Crippen LogP contribution in [-0.2, 0) is 22.6 Å². The van der Waals surface area contributed by atoms with Crippen LogP contribution >= 0.6 is 11.8 Å². The molecule has 6 rings (SSSR count). The van der Waals surface area contributed by atoms with Crippen LogP contribution in [0.3, 0.4) is 0 Å². The molecule has 2 amide bonds. The molecule has 0 spiro atoms. The standard InChI is InChI=1S/C34H29NO7S/c36-19-22-7-9-23(10-8-22)30-17-26(20-43-27-15-13-24(14-16-27)33(39)40)41-34(42-30)25-11-5-21(6-12-25)18-35-31(37)28-3-1-2-4-29(28)32(35)38/h1-16,26,30,34,36H,17-20H2,(H,39,40)/t26-,30+,34+/m0/s1. The van der Waals surface area contributed by atoms with Gasteiger partial charge in [0, 0.05) is 22.6 Å². The minimum absolute atomic E-state index is 0.0372. The highest BCUT2D eigenvalue weighted by atomic mass is 32.2. The largest absolute Gasteiger partial charge is 0.478 e. The summed E-state index contributed by atoms with van der Waals surface area (Å²) >= 11 is 1.59. The second kappa shape index (κ2) is 12.5. The van der Waals surface area contributed by atoms with Crippen LogP contribution in [0.5, 0.6) is 0 Å². The first-order chi connectivity index (χ1) is 20.9. The van der Waals surface area contributed by atoms with E-state index in [1.807, 2.05) is 48.5 Å². The molecule has 8 nitrogen and oxygen atoms in total. The summed E-state index contributed by atoms with van der Waals surface area (Å²) in [4.78, 5) is 39.0. The van der Waals surface area contributed by atoms with Crippen LogP contribution in [-0.4, -0.2) is 44.8 Å². The van der Waals surface area contributed by atoms with Gasteiger partial charge >= 0.3 is 5.97 Å². The molecule has 0 saturated carbocycles. The number of aliphatic hydroxyl groups excluding tert-OH is 1. The Kier molecular flexibility index (Phi) is 8.40. The third-order valence-corrected chi connectivity index (χ3v) is 8.77. The molecule has 1 saturated heterocycles. The van der Waals surface area contributed by atoms with Crippen molar-refractivity contribution < 1.29 is 34.1 Å². The summed E-state index contributed by atoms with van der Waals surface area (Å²) in [6.07, 6.45) is -0.440. The van der Waals surface area contributed by atoms with Crippen LogP contribution in [0, 0.1) is 0 Å². The maximum absolute atomic E-state index is 12.8. The van der Waals surface area contributed by atoms with Crippen molar-refractivity contribution in [3.8, 4) is 0 Å². The monoisotopic (exact) mass is 595 g/mol. The number of carbonyl (C=O) groups is 3. The van der Waals surface area contributed by atoms with Gasteiger partial charge in [-0.1, -0.05) is 60.7 Å². The summed E-state index contributed by atoms with van der Waals surface area (Å²) in [5.74, 6) is -0.916. The third kappa shape index (κ3) is 6.25. The summed E-state index contributed by atoms with van der Waals surface area (Å²) in [6, 6.07) is 28.8. The zero-order valence-electron chi connectivity index (χ0n) is 23.1. The van der Waals surface area contributed by atoms with Gasteiger partial charge in [0.2, 0.25) is 0 Å². The lowest BCUT2D eigenvalue weighted by Gasteiger charge is -2.36. The summed E-state index contributed by atoms with van der Waals surface area (Å²) in [6.45, 7) is 0.128. The zero-order valence-corrected chi connectivity index (χ0v) is 23.9. The molecule has 2 N–H and O–H groups in total. The highest BCUT2D eigenvalue weighted by Gasteiger charge is 2.35. The molecule has 4 aromatic rings. The van der Waals surface area contributed by atoms with Crippen molar-refractivity contribution in [2.75, 3.05) is 5.75 Å². The van der Waals surface area contributed by atoms with Crippen LogP contribution in [0.1, 0.15) is 72.1 Å². The molecule has 43 heavy (non-hydrogen) atoms. The van der Waals surface area contributed by atoms with E-state index < -0.39 is 12.3 Å². The van der Waals surface area contributed by atoms with E-state index >= 15 is 0 Å². The van der Waals surface area contributed by atoms with Crippen molar-refractivity contribution in [2.45, 2.75) is 43.0 Å². The number of hydrogen-bond acceptors (Lipinski definition) is 7. The van der Waals surface area contributed by atoms with Gasteiger partial charge in [-0.3, -0.25) is 14.5 Å². The molecule has 3 atom stereocenters. The van der Waals surface area contributed by atoms with Gasteiger partial charge in [0.05, 0.1) is 42.0 Å². The number of aliphatic hydroxyl groups is 1. The predicted octanol–water partition coefficient (Wildman–Crippen LogP) is 6.01. The Morgan fingerprint density at radius 3 is 2.00 bits per heavy atom. The van der Waals surface area contributed by atoms with E-state index in [9.17, 15) is 24.6 Å². The van der Waals surface area contributed by atoms with E-state index in [0.29, 0.717) is 23.3 Å². The Bertz CT molecular complexity index is 1600. The number of fused-ring (bicyclic) bond motifs is 1. The SMILES string of the molecule is O=C(O)c1ccc(SC[C@@H]2C[C@H](c3ccc(CO)cc3)O[C@H](c3ccc(CN4C(=O)c5ccccc5C4=O)cc3)O2)cc1. The van der Waals surface area contributed by atoms with Crippen molar-refractivity contribution >= 4 is 29.5 Å². The summed E-state index contributed by atoms with van der Waals surface area (Å²) in [7, 11) is 0. The van der Waals surface area contributed by atoms with Gasteiger partial charge in [-0.05, 0) is 53.1 Å². The van der Waals surface area contributed by atoms with Crippen LogP contribution in [0.15, 0.2) is 102 Å². The number of carbonyl (C=O) groups excluding carboxylic acids is 2. The summed E-state index contributed by atoms with van der Waals surface area (Å²) in [5, 5.41) is 18.6. The number of nitrogens with zero attached hydrogens (tertiary/aromatic N) is 1. The smallest absolute Gasteiger partial charge is 0.335 e. The minimum Gasteiger partial charge on any atom is -0.478 e. The fourth-order valence-electron chi connectivity index (χ4n) is 5.25. The average molecular weight is 596 g/mol. The number of rotatable bonds is 9. The molecule has 218 valence electrons. The Labute approximate surface area is 252 Å². The maximum Gasteiger partial charge on any atom is 0.335 e. The van der Waals surface area contributed by atoms with Crippen LogP contribution in [0.4, 0.5) is 0 Å². The second-order valence-electron chi connectivity index (χ2n) is 10.5. The minimum atomic E-state index is -0.961. The van der Waals surface area contributed by atoms with Gasteiger partial charge in [-0.15, -0.1) is 11.8 Å². The molecule has 2 aliphatic heterocycles. The fraction of sp³-hybridized carbons (Fsp3) is 0.206. The number of carboxylic acids is 1. The van der Waals surface area contributed by atoms with Gasteiger partial charge in [-0.25, -0.2) is 4.79 Å². The lowest BCUT2D eigenvalue weighted by molar-refractivity contribution is -0.245. The normalized spacial score (nSPS) is 19.8. The van der Waals surface area contributed by atoms with Crippen LogP contribution < -0.4 is 0 Å². The average Bonchev–Trinajstić information content (AvgIpc) is 3.29. The second-order valence-corrected chi connectivity index (χ2v) is 11.6.